The van der Waals surface area contributed by atoms with Gasteiger partial charge < -0.3 is 13.8 Å². The van der Waals surface area contributed by atoms with E-state index in [-0.39, 0.29) is 11.7 Å². The third-order valence-corrected chi connectivity index (χ3v) is 6.11. The largest absolute Gasteiger partial charge is 0.489 e. The minimum Gasteiger partial charge on any atom is -0.489 e. The molecule has 6 heteroatoms. The second-order valence-electron chi connectivity index (χ2n) is 7.78. The van der Waals surface area contributed by atoms with Crippen LogP contribution in [0.4, 0.5) is 0 Å². The molecule has 1 aromatic heterocycles. The van der Waals surface area contributed by atoms with Crippen molar-refractivity contribution in [1.82, 2.24) is 5.16 Å². The van der Waals surface area contributed by atoms with Crippen molar-refractivity contribution >= 4 is 11.1 Å². The molecule has 4 aromatic rings. The Morgan fingerprint density at radius 1 is 1.00 bits per heavy atom. The number of ether oxygens (including phenoxy) is 1. The van der Waals surface area contributed by atoms with Gasteiger partial charge in [-0.15, -0.1) is 0 Å². The highest BCUT2D eigenvalue weighted by Crippen LogP contribution is 2.29. The van der Waals surface area contributed by atoms with E-state index in [2.05, 4.69) is 61.5 Å². The van der Waals surface area contributed by atoms with Gasteiger partial charge in [0, 0.05) is 6.07 Å². The predicted molar refractivity (Wildman–Crippen MR) is 126 cm³/mol. The molecule has 164 valence electrons. The zero-order chi connectivity index (χ0) is 22.5. The van der Waals surface area contributed by atoms with Crippen molar-refractivity contribution in [2.75, 3.05) is 5.75 Å². The van der Waals surface area contributed by atoms with Crippen LogP contribution < -0.4 is 4.74 Å². The van der Waals surface area contributed by atoms with Gasteiger partial charge in [-0.2, -0.15) is 0 Å². The molecule has 0 saturated heterocycles. The van der Waals surface area contributed by atoms with Crippen LogP contribution in [-0.2, 0) is 17.7 Å². The Hall–Kier alpha value is -3.22. The fourth-order valence-electron chi connectivity index (χ4n) is 3.94. The molecule has 5 nitrogen and oxygen atoms in total. The summed E-state index contributed by atoms with van der Waals surface area (Å²) in [5, 5.41) is 3.72. The van der Waals surface area contributed by atoms with E-state index in [9.17, 15) is 8.76 Å². The topological polar surface area (TPSA) is 72.6 Å². The van der Waals surface area contributed by atoms with Crippen LogP contribution in [0.2, 0.25) is 0 Å². The monoisotopic (exact) mass is 447 g/mol. The quantitative estimate of drug-likeness (QED) is 0.341. The van der Waals surface area contributed by atoms with Crippen molar-refractivity contribution in [3.63, 3.8) is 0 Å². The maximum Gasteiger partial charge on any atom is 0.153 e. The minimum atomic E-state index is -1.96. The second-order valence-corrected chi connectivity index (χ2v) is 8.76. The summed E-state index contributed by atoms with van der Waals surface area (Å²) in [5.74, 6) is 0.990. The third kappa shape index (κ3) is 5.15. The van der Waals surface area contributed by atoms with Crippen LogP contribution in [0.5, 0.6) is 5.75 Å². The van der Waals surface area contributed by atoms with Crippen LogP contribution in [-0.4, -0.2) is 19.7 Å². The van der Waals surface area contributed by atoms with E-state index in [1.165, 1.54) is 28.5 Å². The van der Waals surface area contributed by atoms with Gasteiger partial charge in [-0.3, -0.25) is 0 Å². The Morgan fingerprint density at radius 2 is 1.72 bits per heavy atom. The van der Waals surface area contributed by atoms with Crippen LogP contribution in [0.15, 0.2) is 83.5 Å². The maximum absolute atomic E-state index is 11.4. The van der Waals surface area contributed by atoms with Crippen LogP contribution in [0.3, 0.4) is 0 Å². The normalized spacial score (nSPS) is 13.0. The number of benzene rings is 3. The Bertz CT molecular complexity index is 1180. The molecule has 0 aliphatic rings. The molecule has 0 saturated carbocycles. The number of hydrogen-bond acceptors (Lipinski definition) is 4. The molecule has 0 radical (unpaired) electrons. The lowest BCUT2D eigenvalue weighted by atomic mass is 9.95. The van der Waals surface area contributed by atoms with Crippen molar-refractivity contribution in [2.45, 2.75) is 26.4 Å². The van der Waals surface area contributed by atoms with Crippen molar-refractivity contribution in [3.8, 4) is 16.9 Å². The molecule has 1 heterocycles. The van der Waals surface area contributed by atoms with Gasteiger partial charge >= 0.3 is 0 Å². The lowest BCUT2D eigenvalue weighted by molar-refractivity contribution is 0.306. The summed E-state index contributed by atoms with van der Waals surface area (Å²) in [5.41, 5.74) is 6.91. The molecule has 0 aliphatic heterocycles. The van der Waals surface area contributed by atoms with Crippen molar-refractivity contribution in [1.29, 1.82) is 0 Å². The van der Waals surface area contributed by atoms with Crippen molar-refractivity contribution in [2.24, 2.45) is 0 Å². The molecule has 4 rings (SSSR count). The smallest absolute Gasteiger partial charge is 0.153 e. The SMILES string of the molecule is Cc1cccc(C)c1-c1cccc(COc2ccc(C(CS(=O)O)c3ccno3)cc2)c1. The molecule has 2 atom stereocenters. The van der Waals surface area contributed by atoms with Gasteiger partial charge in [0.2, 0.25) is 0 Å². The summed E-state index contributed by atoms with van der Waals surface area (Å²) in [4.78, 5) is 0. The lowest BCUT2D eigenvalue weighted by Crippen LogP contribution is -2.10. The number of rotatable bonds is 8. The summed E-state index contributed by atoms with van der Waals surface area (Å²) < 4.78 is 32.0. The summed E-state index contributed by atoms with van der Waals surface area (Å²) in [6.45, 7) is 4.71. The van der Waals surface area contributed by atoms with E-state index in [1.807, 2.05) is 24.3 Å². The molecule has 0 spiro atoms. The van der Waals surface area contributed by atoms with Gasteiger partial charge in [-0.05, 0) is 65.4 Å². The number of nitrogens with zero attached hydrogens (tertiary/aromatic N) is 1. The molecular formula is C26H25NO4S. The molecule has 0 aliphatic carbocycles. The summed E-state index contributed by atoms with van der Waals surface area (Å²) >= 11 is -1.96. The Balaban J connectivity index is 1.47. The zero-order valence-electron chi connectivity index (χ0n) is 18.0. The summed E-state index contributed by atoms with van der Waals surface area (Å²) in [6, 6.07) is 24.0. The van der Waals surface area contributed by atoms with E-state index in [4.69, 9.17) is 9.26 Å². The van der Waals surface area contributed by atoms with Crippen LogP contribution in [0.1, 0.15) is 33.9 Å². The van der Waals surface area contributed by atoms with E-state index in [1.54, 1.807) is 6.07 Å². The minimum absolute atomic E-state index is 0.0422. The highest BCUT2D eigenvalue weighted by molar-refractivity contribution is 7.79. The van der Waals surface area contributed by atoms with Crippen LogP contribution in [0.25, 0.3) is 11.1 Å². The Kier molecular flexibility index (Phi) is 6.83. The fraction of sp³-hybridized carbons (Fsp3) is 0.192. The lowest BCUT2D eigenvalue weighted by Gasteiger charge is -2.14. The third-order valence-electron chi connectivity index (χ3n) is 5.50. The first-order valence-corrected chi connectivity index (χ1v) is 11.6. The van der Waals surface area contributed by atoms with Gasteiger partial charge in [0.05, 0.1) is 17.9 Å². The zero-order valence-corrected chi connectivity index (χ0v) is 18.8. The number of hydrogen-bond donors (Lipinski definition) is 1. The molecular weight excluding hydrogens is 422 g/mol. The van der Waals surface area contributed by atoms with E-state index >= 15 is 0 Å². The van der Waals surface area contributed by atoms with Crippen LogP contribution >= 0.6 is 0 Å². The van der Waals surface area contributed by atoms with E-state index < -0.39 is 11.1 Å². The maximum atomic E-state index is 11.4. The second kappa shape index (κ2) is 9.94. The standard InChI is InChI=1S/C26H25NO4S/c1-18-5-3-6-19(2)26(18)22-8-4-7-20(15-22)16-30-23-11-9-21(10-12-23)24(17-32(28)29)25-13-14-27-31-25/h3-15,24H,16-17H2,1-2H3,(H,28,29). The van der Waals surface area contributed by atoms with Crippen molar-refractivity contribution in [3.05, 3.63) is 107 Å². The molecule has 0 fully saturated rings. The molecule has 1 N–H and O–H groups in total. The molecule has 0 amide bonds. The molecule has 3 aromatic carbocycles. The van der Waals surface area contributed by atoms with E-state index in [0.717, 1.165) is 16.9 Å². The molecule has 0 bridgehead atoms. The Labute approximate surface area is 190 Å². The van der Waals surface area contributed by atoms with Gasteiger partial charge in [-0.1, -0.05) is 53.7 Å². The predicted octanol–water partition coefficient (Wildman–Crippen LogP) is 5.89. The van der Waals surface area contributed by atoms with Gasteiger partial charge in [0.25, 0.3) is 0 Å². The first-order chi connectivity index (χ1) is 15.5. The van der Waals surface area contributed by atoms with Gasteiger partial charge in [0.15, 0.2) is 11.1 Å². The number of aromatic nitrogens is 1. The summed E-state index contributed by atoms with van der Waals surface area (Å²) in [6.07, 6.45) is 1.53. The average molecular weight is 448 g/mol. The molecule has 2 unspecified atom stereocenters. The Morgan fingerprint density at radius 3 is 2.38 bits per heavy atom. The molecule has 32 heavy (non-hydrogen) atoms. The first kappa shape index (κ1) is 22.0. The first-order valence-electron chi connectivity index (χ1n) is 10.4. The van der Waals surface area contributed by atoms with Gasteiger partial charge in [-0.25, -0.2) is 4.21 Å². The average Bonchev–Trinajstić information content (AvgIpc) is 3.31. The van der Waals surface area contributed by atoms with Crippen molar-refractivity contribution < 1.29 is 18.0 Å². The highest BCUT2D eigenvalue weighted by atomic mass is 32.2. The fourth-order valence-corrected chi connectivity index (χ4v) is 4.58. The van der Waals surface area contributed by atoms with Crippen LogP contribution in [0, 0.1) is 13.8 Å². The highest BCUT2D eigenvalue weighted by Gasteiger charge is 2.20. The van der Waals surface area contributed by atoms with Gasteiger partial charge in [0.1, 0.15) is 18.1 Å². The summed E-state index contributed by atoms with van der Waals surface area (Å²) in [7, 11) is 0. The van der Waals surface area contributed by atoms with E-state index in [0.29, 0.717) is 12.4 Å². The number of aryl methyl sites for hydroxylation is 2.